The zero-order valence-electron chi connectivity index (χ0n) is 14.5. The minimum atomic E-state index is -0.393. The van der Waals surface area contributed by atoms with Crippen molar-refractivity contribution in [1.82, 2.24) is 15.6 Å². The highest BCUT2D eigenvalue weighted by Gasteiger charge is 2.11. The number of hydrogen-bond donors (Lipinski definition) is 2. The van der Waals surface area contributed by atoms with Crippen molar-refractivity contribution in [3.8, 4) is 11.3 Å². The topological polar surface area (TPSA) is 70.1 Å². The Labute approximate surface area is 171 Å². The first-order valence-electron chi connectivity index (χ1n) is 8.44. The van der Waals surface area contributed by atoms with Crippen molar-refractivity contribution >= 4 is 46.1 Å². The van der Waals surface area contributed by atoms with Gasteiger partial charge in [-0.1, -0.05) is 71.7 Å². The lowest BCUT2D eigenvalue weighted by Gasteiger charge is -2.01. The fraction of sp³-hybridized carbons (Fsp3) is 0. The number of aromatic nitrogens is 2. The van der Waals surface area contributed by atoms with Crippen molar-refractivity contribution in [2.75, 3.05) is 0 Å². The summed E-state index contributed by atoms with van der Waals surface area (Å²) >= 11 is 12.0. The molecule has 0 unspecified atom stereocenters. The van der Waals surface area contributed by atoms with E-state index in [1.165, 1.54) is 0 Å². The van der Waals surface area contributed by atoms with Gasteiger partial charge in [0.2, 0.25) is 0 Å². The lowest BCUT2D eigenvalue weighted by Crippen LogP contribution is -2.18. The third-order valence-corrected chi connectivity index (χ3v) is 4.97. The van der Waals surface area contributed by atoms with Gasteiger partial charge in [-0.15, -0.1) is 0 Å². The van der Waals surface area contributed by atoms with Crippen LogP contribution < -0.4 is 5.43 Å². The molecular weight excluding hydrogens is 395 g/mol. The summed E-state index contributed by atoms with van der Waals surface area (Å²) in [6.07, 6.45) is 1.62. The lowest BCUT2D eigenvalue weighted by molar-refractivity contribution is 0.0950. The van der Waals surface area contributed by atoms with E-state index >= 15 is 0 Å². The molecule has 2 N–H and O–H groups in total. The number of rotatable bonds is 4. The molecule has 0 bridgehead atoms. The van der Waals surface area contributed by atoms with Gasteiger partial charge in [-0.2, -0.15) is 10.2 Å². The van der Waals surface area contributed by atoms with Crippen molar-refractivity contribution in [3.63, 3.8) is 0 Å². The molecule has 0 aliphatic rings. The zero-order chi connectivity index (χ0) is 19.5. The van der Waals surface area contributed by atoms with Crippen molar-refractivity contribution in [2.45, 2.75) is 0 Å². The summed E-state index contributed by atoms with van der Waals surface area (Å²) in [5.41, 5.74) is 5.05. The molecule has 0 aliphatic carbocycles. The van der Waals surface area contributed by atoms with E-state index < -0.39 is 5.91 Å². The fourth-order valence-corrected chi connectivity index (χ4v) is 3.12. The molecule has 0 radical (unpaired) electrons. The SMILES string of the molecule is O=C(N/N=C/c1cccc2ccccc12)c1cc(-c2ccc(Cl)c(Cl)c2)n[nH]1. The molecule has 1 aromatic heterocycles. The van der Waals surface area contributed by atoms with Gasteiger partial charge in [0, 0.05) is 11.1 Å². The highest BCUT2D eigenvalue weighted by molar-refractivity contribution is 6.42. The van der Waals surface area contributed by atoms with Gasteiger partial charge in [-0.25, -0.2) is 5.43 Å². The molecule has 1 amide bonds. The van der Waals surface area contributed by atoms with E-state index in [9.17, 15) is 4.79 Å². The third-order valence-electron chi connectivity index (χ3n) is 4.23. The fourth-order valence-electron chi connectivity index (χ4n) is 2.83. The van der Waals surface area contributed by atoms with E-state index in [1.807, 2.05) is 42.5 Å². The average Bonchev–Trinajstić information content (AvgIpc) is 3.20. The minimum Gasteiger partial charge on any atom is -0.272 e. The van der Waals surface area contributed by atoms with E-state index in [0.717, 1.165) is 21.9 Å². The highest BCUT2D eigenvalue weighted by atomic mass is 35.5. The Kier molecular flexibility index (Phi) is 5.10. The van der Waals surface area contributed by atoms with Crippen LogP contribution in [0.5, 0.6) is 0 Å². The first-order chi connectivity index (χ1) is 13.6. The van der Waals surface area contributed by atoms with Crippen molar-refractivity contribution in [1.29, 1.82) is 0 Å². The molecule has 0 fully saturated rings. The number of fused-ring (bicyclic) bond motifs is 1. The van der Waals surface area contributed by atoms with Gasteiger partial charge in [0.1, 0.15) is 5.69 Å². The predicted octanol–water partition coefficient (Wildman–Crippen LogP) is 5.30. The molecule has 0 spiro atoms. The summed E-state index contributed by atoms with van der Waals surface area (Å²) in [6.45, 7) is 0. The van der Waals surface area contributed by atoms with Gasteiger partial charge in [-0.05, 0) is 29.0 Å². The lowest BCUT2D eigenvalue weighted by atomic mass is 10.1. The molecule has 3 aromatic carbocycles. The predicted molar refractivity (Wildman–Crippen MR) is 113 cm³/mol. The molecule has 1 heterocycles. The molecule has 7 heteroatoms. The van der Waals surface area contributed by atoms with Gasteiger partial charge in [0.25, 0.3) is 5.91 Å². The maximum Gasteiger partial charge on any atom is 0.289 e. The summed E-state index contributed by atoms with van der Waals surface area (Å²) in [5.74, 6) is -0.393. The number of halogens is 2. The van der Waals surface area contributed by atoms with Gasteiger partial charge < -0.3 is 0 Å². The van der Waals surface area contributed by atoms with E-state index in [0.29, 0.717) is 15.7 Å². The summed E-state index contributed by atoms with van der Waals surface area (Å²) in [6, 6.07) is 20.7. The molecule has 138 valence electrons. The molecule has 4 rings (SSSR count). The number of benzene rings is 3. The second-order valence-electron chi connectivity index (χ2n) is 6.06. The Balaban J connectivity index is 1.49. The normalized spacial score (nSPS) is 11.2. The second kappa shape index (κ2) is 7.84. The van der Waals surface area contributed by atoms with Crippen LogP contribution in [0.2, 0.25) is 10.0 Å². The monoisotopic (exact) mass is 408 g/mol. The van der Waals surface area contributed by atoms with Crippen LogP contribution in [-0.4, -0.2) is 22.3 Å². The number of hydrogen-bond acceptors (Lipinski definition) is 3. The molecular formula is C21H14Cl2N4O. The Morgan fingerprint density at radius 3 is 2.68 bits per heavy atom. The molecule has 0 saturated carbocycles. The van der Waals surface area contributed by atoms with Crippen molar-refractivity contribution in [2.24, 2.45) is 5.10 Å². The minimum absolute atomic E-state index is 0.288. The molecule has 0 atom stereocenters. The number of H-pyrrole nitrogens is 1. The van der Waals surface area contributed by atoms with Gasteiger partial charge in [-0.3, -0.25) is 9.89 Å². The van der Waals surface area contributed by atoms with Crippen LogP contribution in [0.25, 0.3) is 22.0 Å². The van der Waals surface area contributed by atoms with E-state index in [1.54, 1.807) is 30.5 Å². The molecule has 5 nitrogen and oxygen atoms in total. The maximum atomic E-state index is 12.3. The van der Waals surface area contributed by atoms with Crippen LogP contribution >= 0.6 is 23.2 Å². The number of carbonyl (C=O) groups is 1. The van der Waals surface area contributed by atoms with Crippen LogP contribution in [0.3, 0.4) is 0 Å². The van der Waals surface area contributed by atoms with E-state index in [4.69, 9.17) is 23.2 Å². The Hall–Kier alpha value is -3.15. The number of nitrogens with zero attached hydrogens (tertiary/aromatic N) is 2. The van der Waals surface area contributed by atoms with Gasteiger partial charge >= 0.3 is 0 Å². The van der Waals surface area contributed by atoms with Gasteiger partial charge in [0.05, 0.1) is 22.0 Å². The summed E-state index contributed by atoms with van der Waals surface area (Å²) in [4.78, 5) is 12.3. The number of amides is 1. The number of carbonyl (C=O) groups excluding carboxylic acids is 1. The quantitative estimate of drug-likeness (QED) is 0.355. The van der Waals surface area contributed by atoms with Crippen LogP contribution in [0, 0.1) is 0 Å². The summed E-state index contributed by atoms with van der Waals surface area (Å²) in [7, 11) is 0. The van der Waals surface area contributed by atoms with E-state index in [-0.39, 0.29) is 5.69 Å². The molecule has 28 heavy (non-hydrogen) atoms. The molecule has 0 aliphatic heterocycles. The number of aromatic amines is 1. The molecule has 4 aromatic rings. The Bertz CT molecular complexity index is 1190. The van der Waals surface area contributed by atoms with E-state index in [2.05, 4.69) is 20.7 Å². The average molecular weight is 409 g/mol. The highest BCUT2D eigenvalue weighted by Crippen LogP contribution is 2.27. The standard InChI is InChI=1S/C21H14Cl2N4O/c22-17-9-8-14(10-18(17)23)19-11-20(26-25-19)21(28)27-24-12-15-6-3-5-13-4-1-2-7-16(13)15/h1-12H,(H,25,26)(H,27,28)/b24-12+. The third kappa shape index (κ3) is 3.76. The Morgan fingerprint density at radius 1 is 1.00 bits per heavy atom. The van der Waals surface area contributed by atoms with Crippen LogP contribution in [-0.2, 0) is 0 Å². The summed E-state index contributed by atoms with van der Waals surface area (Å²) in [5, 5.41) is 14.0. The molecule has 0 saturated heterocycles. The van der Waals surface area contributed by atoms with Crippen LogP contribution in [0.15, 0.2) is 71.8 Å². The largest absolute Gasteiger partial charge is 0.289 e. The first-order valence-corrected chi connectivity index (χ1v) is 9.19. The van der Waals surface area contributed by atoms with Crippen LogP contribution in [0.4, 0.5) is 0 Å². The second-order valence-corrected chi connectivity index (χ2v) is 6.88. The van der Waals surface area contributed by atoms with Crippen molar-refractivity contribution in [3.05, 3.63) is 88.0 Å². The smallest absolute Gasteiger partial charge is 0.272 e. The number of nitrogens with one attached hydrogen (secondary N) is 2. The number of hydrazone groups is 1. The van der Waals surface area contributed by atoms with Gasteiger partial charge in [0.15, 0.2) is 0 Å². The van der Waals surface area contributed by atoms with Crippen LogP contribution in [0.1, 0.15) is 16.1 Å². The first kappa shape index (κ1) is 18.2. The summed E-state index contributed by atoms with van der Waals surface area (Å²) < 4.78 is 0. The zero-order valence-corrected chi connectivity index (χ0v) is 16.0. The maximum absolute atomic E-state index is 12.3. The Morgan fingerprint density at radius 2 is 1.82 bits per heavy atom. The van der Waals surface area contributed by atoms with Crippen molar-refractivity contribution < 1.29 is 4.79 Å².